The molecular formula is C16H16N2O5S2. The first kappa shape index (κ1) is 17.7. The van der Waals surface area contributed by atoms with E-state index in [4.69, 9.17) is 14.2 Å². The first-order chi connectivity index (χ1) is 12.1. The van der Waals surface area contributed by atoms with Gasteiger partial charge >= 0.3 is 11.9 Å². The predicted octanol–water partition coefficient (Wildman–Crippen LogP) is 2.41. The molecule has 1 aliphatic heterocycles. The van der Waals surface area contributed by atoms with Crippen molar-refractivity contribution in [2.45, 2.75) is 4.34 Å². The van der Waals surface area contributed by atoms with Crippen LogP contribution in [-0.4, -0.2) is 50.7 Å². The maximum Gasteiger partial charge on any atom is 0.355 e. The lowest BCUT2D eigenvalue weighted by molar-refractivity contribution is -0.140. The zero-order valence-corrected chi connectivity index (χ0v) is 15.5. The Morgan fingerprint density at radius 1 is 1.28 bits per heavy atom. The van der Waals surface area contributed by atoms with E-state index >= 15 is 0 Å². The fraction of sp³-hybridized carbons (Fsp3) is 0.312. The Bertz CT molecular complexity index is 861. The van der Waals surface area contributed by atoms with Crippen molar-refractivity contribution in [3.05, 3.63) is 29.5 Å². The number of nitrogens with zero attached hydrogens (tertiary/aromatic N) is 2. The minimum Gasteiger partial charge on any atom is -0.466 e. The number of thioether (sulfide) groups is 1. The second-order valence-electron chi connectivity index (χ2n) is 5.05. The van der Waals surface area contributed by atoms with Crippen LogP contribution in [0.4, 0.5) is 5.69 Å². The lowest BCUT2D eigenvalue weighted by atomic mass is 10.1. The van der Waals surface area contributed by atoms with Gasteiger partial charge in [0.1, 0.15) is 12.4 Å². The normalized spacial score (nSPS) is 14.8. The van der Waals surface area contributed by atoms with Gasteiger partial charge < -0.3 is 19.1 Å². The average Bonchev–Trinajstić information content (AvgIpc) is 3.08. The molecule has 2 heterocycles. The summed E-state index contributed by atoms with van der Waals surface area (Å²) >= 11 is 3.14. The van der Waals surface area contributed by atoms with Crippen molar-refractivity contribution in [2.75, 3.05) is 38.7 Å². The molecule has 0 N–H and O–H groups in total. The van der Waals surface area contributed by atoms with Crippen LogP contribution in [0, 0.1) is 0 Å². The Balaban J connectivity index is 2.09. The van der Waals surface area contributed by atoms with Gasteiger partial charge in [-0.2, -0.15) is 0 Å². The van der Waals surface area contributed by atoms with Gasteiger partial charge in [-0.25, -0.2) is 14.6 Å². The zero-order chi connectivity index (χ0) is 18.0. The van der Waals surface area contributed by atoms with Crippen LogP contribution in [0.5, 0.6) is 0 Å². The Labute approximate surface area is 152 Å². The largest absolute Gasteiger partial charge is 0.466 e. The van der Waals surface area contributed by atoms with Gasteiger partial charge in [0, 0.05) is 5.69 Å². The van der Waals surface area contributed by atoms with Crippen LogP contribution in [-0.2, 0) is 23.8 Å². The molecule has 0 atom stereocenters. The van der Waals surface area contributed by atoms with Gasteiger partial charge in [0.15, 0.2) is 4.34 Å². The minimum atomic E-state index is -0.617. The Hall–Kier alpha value is -2.10. The topological polar surface area (TPSA) is 78.0 Å². The summed E-state index contributed by atoms with van der Waals surface area (Å²) in [6.07, 6.45) is 1.97. The van der Waals surface area contributed by atoms with Gasteiger partial charge in [0.05, 0.1) is 36.6 Å². The number of rotatable bonds is 4. The molecule has 0 unspecified atom stereocenters. The van der Waals surface area contributed by atoms with Crippen molar-refractivity contribution in [2.24, 2.45) is 0 Å². The SMILES string of the molecule is COC(=O)C1=C(C(=O)OC)N(c2ccc3nc(SC)sc3c2)COC1. The second kappa shape index (κ2) is 7.42. The molecule has 9 heteroatoms. The number of methoxy groups -OCH3 is 2. The lowest BCUT2D eigenvalue weighted by Crippen LogP contribution is -2.38. The summed E-state index contributed by atoms with van der Waals surface area (Å²) in [5, 5.41) is 0. The van der Waals surface area contributed by atoms with Gasteiger partial charge in [-0.15, -0.1) is 11.3 Å². The maximum absolute atomic E-state index is 12.3. The van der Waals surface area contributed by atoms with E-state index in [0.717, 1.165) is 14.6 Å². The average molecular weight is 380 g/mol. The molecule has 1 aliphatic rings. The molecule has 7 nitrogen and oxygen atoms in total. The summed E-state index contributed by atoms with van der Waals surface area (Å²) in [4.78, 5) is 30.4. The van der Waals surface area contributed by atoms with Crippen molar-refractivity contribution in [1.82, 2.24) is 4.98 Å². The van der Waals surface area contributed by atoms with Crippen LogP contribution < -0.4 is 4.90 Å². The highest BCUT2D eigenvalue weighted by molar-refractivity contribution is 8.00. The van der Waals surface area contributed by atoms with Crippen LogP contribution in [0.2, 0.25) is 0 Å². The summed E-state index contributed by atoms with van der Waals surface area (Å²) in [7, 11) is 2.53. The minimum absolute atomic E-state index is 0.00691. The molecule has 0 aliphatic carbocycles. The van der Waals surface area contributed by atoms with Crippen LogP contribution >= 0.6 is 23.1 Å². The third-order valence-electron chi connectivity index (χ3n) is 3.67. The van der Waals surface area contributed by atoms with Gasteiger partial charge in [-0.3, -0.25) is 0 Å². The molecule has 0 radical (unpaired) electrons. The third-order valence-corrected chi connectivity index (χ3v) is 5.68. The highest BCUT2D eigenvalue weighted by Gasteiger charge is 2.32. The van der Waals surface area contributed by atoms with E-state index in [1.165, 1.54) is 14.2 Å². The number of aromatic nitrogens is 1. The second-order valence-corrected chi connectivity index (χ2v) is 7.14. The molecule has 0 amide bonds. The van der Waals surface area contributed by atoms with E-state index in [-0.39, 0.29) is 24.6 Å². The number of anilines is 1. The van der Waals surface area contributed by atoms with E-state index in [1.54, 1.807) is 28.0 Å². The van der Waals surface area contributed by atoms with Gasteiger partial charge in [-0.1, -0.05) is 11.8 Å². The van der Waals surface area contributed by atoms with Crippen LogP contribution in [0.15, 0.2) is 33.8 Å². The maximum atomic E-state index is 12.3. The highest BCUT2D eigenvalue weighted by atomic mass is 32.2. The molecule has 132 valence electrons. The van der Waals surface area contributed by atoms with E-state index in [2.05, 4.69) is 4.98 Å². The number of hydrogen-bond acceptors (Lipinski definition) is 9. The predicted molar refractivity (Wildman–Crippen MR) is 95.8 cm³/mol. The van der Waals surface area contributed by atoms with E-state index < -0.39 is 11.9 Å². The number of thiazole rings is 1. The summed E-state index contributed by atoms with van der Waals surface area (Å²) in [5.74, 6) is -1.23. The molecule has 0 saturated carbocycles. The first-order valence-corrected chi connectivity index (χ1v) is 9.32. The summed E-state index contributed by atoms with van der Waals surface area (Å²) in [6, 6.07) is 5.63. The van der Waals surface area contributed by atoms with Crippen LogP contribution in [0.1, 0.15) is 0 Å². The number of carbonyl (C=O) groups excluding carboxylic acids is 2. The highest BCUT2D eigenvalue weighted by Crippen LogP contribution is 2.33. The zero-order valence-electron chi connectivity index (χ0n) is 13.9. The van der Waals surface area contributed by atoms with Crippen molar-refractivity contribution in [3.8, 4) is 0 Å². The fourth-order valence-electron chi connectivity index (χ4n) is 2.49. The first-order valence-electron chi connectivity index (χ1n) is 7.28. The van der Waals surface area contributed by atoms with Crippen molar-refractivity contribution in [3.63, 3.8) is 0 Å². The smallest absolute Gasteiger partial charge is 0.355 e. The monoisotopic (exact) mass is 380 g/mol. The van der Waals surface area contributed by atoms with Crippen LogP contribution in [0.25, 0.3) is 10.2 Å². The molecule has 2 aromatic rings. The lowest BCUT2D eigenvalue weighted by Gasteiger charge is -2.31. The molecule has 0 spiro atoms. The van der Waals surface area contributed by atoms with Gasteiger partial charge in [0.25, 0.3) is 0 Å². The number of carbonyl (C=O) groups is 2. The Morgan fingerprint density at radius 2 is 2.04 bits per heavy atom. The summed E-state index contributed by atoms with van der Waals surface area (Å²) < 4.78 is 17.0. The molecule has 1 aromatic heterocycles. The summed E-state index contributed by atoms with van der Waals surface area (Å²) in [5.41, 5.74) is 1.86. The van der Waals surface area contributed by atoms with E-state index in [0.29, 0.717) is 5.69 Å². The number of hydrogen-bond donors (Lipinski definition) is 0. The third kappa shape index (κ3) is 3.35. The van der Waals surface area contributed by atoms with E-state index in [9.17, 15) is 9.59 Å². The summed E-state index contributed by atoms with van der Waals surface area (Å²) in [6.45, 7) is 0.123. The molecule has 0 bridgehead atoms. The number of esters is 2. The quantitative estimate of drug-likeness (QED) is 0.591. The standard InChI is InChI=1S/C16H16N2O5S2/c1-21-14(19)10-7-23-8-18(13(10)15(20)22-2)9-4-5-11-12(6-9)25-16(17-11)24-3/h4-6H,7-8H2,1-3H3. The van der Waals surface area contributed by atoms with Crippen molar-refractivity contribution < 1.29 is 23.8 Å². The van der Waals surface area contributed by atoms with Crippen LogP contribution in [0.3, 0.4) is 0 Å². The molecule has 25 heavy (non-hydrogen) atoms. The van der Waals surface area contributed by atoms with E-state index in [1.807, 2.05) is 24.5 Å². The number of fused-ring (bicyclic) bond motifs is 1. The Kier molecular flexibility index (Phi) is 5.26. The molecule has 3 rings (SSSR count). The Morgan fingerprint density at radius 3 is 2.72 bits per heavy atom. The molecular weight excluding hydrogens is 364 g/mol. The molecule has 1 aromatic carbocycles. The van der Waals surface area contributed by atoms with Crippen molar-refractivity contribution >= 4 is 50.9 Å². The van der Waals surface area contributed by atoms with Gasteiger partial charge in [0.2, 0.25) is 0 Å². The van der Waals surface area contributed by atoms with Crippen molar-refractivity contribution in [1.29, 1.82) is 0 Å². The number of ether oxygens (including phenoxy) is 3. The molecule has 0 saturated heterocycles. The fourth-order valence-corrected chi connectivity index (χ4v) is 4.02. The van der Waals surface area contributed by atoms with Gasteiger partial charge in [-0.05, 0) is 24.5 Å². The molecule has 0 fully saturated rings. The number of benzene rings is 1.